The summed E-state index contributed by atoms with van der Waals surface area (Å²) in [7, 11) is 0. The number of Topliss-reactive ketones (excluding diaryl/α,β-unsaturated/α-hetero) is 1. The Bertz CT molecular complexity index is 1370. The summed E-state index contributed by atoms with van der Waals surface area (Å²) >= 11 is 0. The van der Waals surface area contributed by atoms with Crippen molar-refractivity contribution >= 4 is 11.9 Å². The third kappa shape index (κ3) is 4.10. The number of benzene rings is 3. The molecule has 0 N–H and O–H groups in total. The van der Waals surface area contributed by atoms with Crippen molar-refractivity contribution in [2.45, 2.75) is 37.8 Å². The number of rotatable bonds is 4. The Kier molecular flexibility index (Phi) is 6.02. The molecule has 1 amide bonds. The summed E-state index contributed by atoms with van der Waals surface area (Å²) in [5.41, 5.74) is 6.56. The lowest BCUT2D eigenvalue weighted by Crippen LogP contribution is -2.60. The lowest BCUT2D eigenvalue weighted by molar-refractivity contribution is -0.0747. The lowest BCUT2D eigenvalue weighted by atomic mass is 9.80. The van der Waals surface area contributed by atoms with Crippen LogP contribution >= 0.6 is 0 Å². The number of morpholine rings is 1. The van der Waals surface area contributed by atoms with Crippen LogP contribution in [0, 0.1) is 24.2 Å². The summed E-state index contributed by atoms with van der Waals surface area (Å²) in [6, 6.07) is 23.6. The maximum Gasteiger partial charge on any atom is 0.410 e. The summed E-state index contributed by atoms with van der Waals surface area (Å²) in [5.74, 6) is -0.288. The standard InChI is InChI=1S/C31H28N2O4/c1-19-10-11-24(21(12-19)15-32)30(34)20-13-22-16-36-17-23(14-20)33(22)31(35)37-18-29-27-8-4-2-6-25(27)26-7-3-5-9-28(26)29/h2-12,20,22-23,29H,13-14,16-18H2,1H3. The van der Waals surface area contributed by atoms with E-state index in [1.165, 1.54) is 22.3 Å². The van der Waals surface area contributed by atoms with Crippen LogP contribution in [0.4, 0.5) is 4.79 Å². The van der Waals surface area contributed by atoms with Gasteiger partial charge in [-0.3, -0.25) is 9.69 Å². The number of amides is 1. The third-order valence-corrected chi connectivity index (χ3v) is 8.00. The van der Waals surface area contributed by atoms with Crippen molar-refractivity contribution in [1.29, 1.82) is 5.26 Å². The zero-order valence-electron chi connectivity index (χ0n) is 20.7. The van der Waals surface area contributed by atoms with E-state index in [-0.39, 0.29) is 42.4 Å². The summed E-state index contributed by atoms with van der Waals surface area (Å²) in [5, 5.41) is 9.55. The first-order valence-electron chi connectivity index (χ1n) is 12.8. The van der Waals surface area contributed by atoms with Crippen LogP contribution in [-0.2, 0) is 9.47 Å². The number of nitrogens with zero attached hydrogens (tertiary/aromatic N) is 2. The van der Waals surface area contributed by atoms with Gasteiger partial charge < -0.3 is 9.47 Å². The van der Waals surface area contributed by atoms with E-state index in [1.807, 2.05) is 37.3 Å². The maximum absolute atomic E-state index is 13.4. The molecule has 3 aromatic rings. The number of piperidine rings is 1. The Morgan fingerprint density at radius 1 is 0.973 bits per heavy atom. The molecule has 3 aliphatic rings. The minimum Gasteiger partial charge on any atom is -0.448 e. The molecule has 6 heteroatoms. The van der Waals surface area contributed by atoms with Crippen LogP contribution in [0.2, 0.25) is 0 Å². The fraction of sp³-hybridized carbons (Fsp3) is 0.323. The summed E-state index contributed by atoms with van der Waals surface area (Å²) in [4.78, 5) is 28.6. The molecule has 186 valence electrons. The van der Waals surface area contributed by atoms with Gasteiger partial charge in [0, 0.05) is 17.4 Å². The highest BCUT2D eigenvalue weighted by Gasteiger charge is 2.45. The van der Waals surface area contributed by atoms with Crippen LogP contribution in [0.25, 0.3) is 11.1 Å². The minimum atomic E-state index is -0.348. The Morgan fingerprint density at radius 3 is 2.22 bits per heavy atom. The van der Waals surface area contributed by atoms with E-state index >= 15 is 0 Å². The number of carbonyl (C=O) groups is 2. The van der Waals surface area contributed by atoms with Gasteiger partial charge in [0.2, 0.25) is 0 Å². The molecule has 2 atom stereocenters. The Balaban J connectivity index is 1.17. The van der Waals surface area contributed by atoms with Crippen LogP contribution in [-0.4, -0.2) is 48.7 Å². The van der Waals surface area contributed by atoms with Gasteiger partial charge in [0.1, 0.15) is 6.61 Å². The number of fused-ring (bicyclic) bond motifs is 5. The number of aryl methyl sites for hydroxylation is 1. The first kappa shape index (κ1) is 23.4. The fourth-order valence-corrected chi connectivity index (χ4v) is 6.28. The molecular weight excluding hydrogens is 464 g/mol. The number of ketones is 1. The molecule has 2 bridgehead atoms. The number of hydrogen-bond donors (Lipinski definition) is 0. The van der Waals surface area contributed by atoms with Gasteiger partial charge in [0.25, 0.3) is 0 Å². The topological polar surface area (TPSA) is 79.6 Å². The summed E-state index contributed by atoms with van der Waals surface area (Å²) < 4.78 is 11.7. The van der Waals surface area contributed by atoms with E-state index in [0.29, 0.717) is 37.2 Å². The number of ether oxygens (including phenoxy) is 2. The SMILES string of the molecule is Cc1ccc(C(=O)C2CC3COCC(C2)N3C(=O)OCC2c3ccccc3-c3ccccc32)c(C#N)c1. The molecule has 2 fully saturated rings. The van der Waals surface area contributed by atoms with Crippen LogP contribution in [0.1, 0.15) is 51.4 Å². The van der Waals surface area contributed by atoms with Crippen LogP contribution in [0.15, 0.2) is 66.7 Å². The molecule has 0 radical (unpaired) electrons. The van der Waals surface area contributed by atoms with Crippen LogP contribution < -0.4 is 0 Å². The molecule has 6 rings (SSSR count). The monoisotopic (exact) mass is 492 g/mol. The van der Waals surface area contributed by atoms with Gasteiger partial charge in [-0.2, -0.15) is 5.26 Å². The van der Waals surface area contributed by atoms with E-state index in [4.69, 9.17) is 9.47 Å². The summed E-state index contributed by atoms with van der Waals surface area (Å²) in [6.07, 6.45) is 0.649. The quantitative estimate of drug-likeness (QED) is 0.451. The Morgan fingerprint density at radius 2 is 1.59 bits per heavy atom. The maximum atomic E-state index is 13.4. The fourth-order valence-electron chi connectivity index (χ4n) is 6.28. The van der Waals surface area contributed by atoms with E-state index < -0.39 is 0 Å². The van der Waals surface area contributed by atoms with Crippen molar-refractivity contribution in [3.8, 4) is 17.2 Å². The number of carbonyl (C=O) groups excluding carboxylic acids is 2. The van der Waals surface area contributed by atoms with Crippen molar-refractivity contribution in [2.24, 2.45) is 5.92 Å². The van der Waals surface area contributed by atoms with Crippen molar-refractivity contribution in [1.82, 2.24) is 4.90 Å². The molecule has 0 aromatic heterocycles. The predicted octanol–water partition coefficient (Wildman–Crippen LogP) is 5.48. The van der Waals surface area contributed by atoms with Gasteiger partial charge in [-0.15, -0.1) is 0 Å². The average molecular weight is 493 g/mol. The first-order valence-corrected chi connectivity index (χ1v) is 12.8. The highest BCUT2D eigenvalue weighted by Crippen LogP contribution is 2.44. The van der Waals surface area contributed by atoms with Crippen LogP contribution in [0.5, 0.6) is 0 Å². The molecule has 2 saturated heterocycles. The van der Waals surface area contributed by atoms with E-state index in [0.717, 1.165) is 5.56 Å². The largest absolute Gasteiger partial charge is 0.448 e. The molecule has 2 unspecified atom stereocenters. The van der Waals surface area contributed by atoms with E-state index in [9.17, 15) is 14.9 Å². The normalized spacial score (nSPS) is 22.1. The first-order chi connectivity index (χ1) is 18.0. The molecular formula is C31H28N2O4. The Hall–Kier alpha value is -3.95. The molecule has 0 saturated carbocycles. The van der Waals surface area contributed by atoms with Gasteiger partial charge in [-0.25, -0.2) is 4.79 Å². The molecule has 37 heavy (non-hydrogen) atoms. The highest BCUT2D eigenvalue weighted by molar-refractivity contribution is 6.00. The molecule has 0 spiro atoms. The van der Waals surface area contributed by atoms with Crippen LogP contribution in [0.3, 0.4) is 0 Å². The van der Waals surface area contributed by atoms with Gasteiger partial charge in [-0.1, -0.05) is 54.6 Å². The van der Waals surface area contributed by atoms with Crippen molar-refractivity contribution in [2.75, 3.05) is 19.8 Å². The highest BCUT2D eigenvalue weighted by atomic mass is 16.6. The number of hydrogen-bond acceptors (Lipinski definition) is 5. The van der Waals surface area contributed by atoms with Crippen molar-refractivity contribution < 1.29 is 19.1 Å². The molecule has 2 aliphatic heterocycles. The zero-order valence-corrected chi connectivity index (χ0v) is 20.7. The number of nitriles is 1. The van der Waals surface area contributed by atoms with Gasteiger partial charge in [0.15, 0.2) is 5.78 Å². The van der Waals surface area contributed by atoms with Crippen molar-refractivity contribution in [3.63, 3.8) is 0 Å². The molecule has 1 aliphatic carbocycles. The van der Waals surface area contributed by atoms with Crippen molar-refractivity contribution in [3.05, 3.63) is 94.5 Å². The molecule has 2 heterocycles. The zero-order chi connectivity index (χ0) is 25.5. The smallest absolute Gasteiger partial charge is 0.410 e. The Labute approximate surface area is 216 Å². The summed E-state index contributed by atoms with van der Waals surface area (Å²) in [6.45, 7) is 2.93. The molecule has 3 aromatic carbocycles. The average Bonchev–Trinajstić information content (AvgIpc) is 3.24. The second kappa shape index (κ2) is 9.49. The third-order valence-electron chi connectivity index (χ3n) is 8.00. The minimum absolute atomic E-state index is 0.00232. The van der Waals surface area contributed by atoms with Gasteiger partial charge in [-0.05, 0) is 59.7 Å². The second-order valence-electron chi connectivity index (χ2n) is 10.2. The lowest BCUT2D eigenvalue weighted by Gasteiger charge is -2.47. The van der Waals surface area contributed by atoms with Gasteiger partial charge >= 0.3 is 6.09 Å². The molecule has 6 nitrogen and oxygen atoms in total. The second-order valence-corrected chi connectivity index (χ2v) is 10.2. The predicted molar refractivity (Wildman–Crippen MR) is 138 cm³/mol. The van der Waals surface area contributed by atoms with E-state index in [1.54, 1.807) is 17.0 Å². The van der Waals surface area contributed by atoms with E-state index in [2.05, 4.69) is 30.3 Å². The van der Waals surface area contributed by atoms with Gasteiger partial charge in [0.05, 0.1) is 36.9 Å².